The molecule has 0 saturated heterocycles. The highest BCUT2D eigenvalue weighted by atomic mass is 32.1. The van der Waals surface area contributed by atoms with Gasteiger partial charge in [0.25, 0.3) is 0 Å². The Bertz CT molecular complexity index is 809. The summed E-state index contributed by atoms with van der Waals surface area (Å²) < 4.78 is 28.2. The van der Waals surface area contributed by atoms with Gasteiger partial charge in [0.2, 0.25) is 0 Å². The van der Waals surface area contributed by atoms with E-state index in [1.165, 1.54) is 69.1 Å². The average molecular weight is 400 g/mol. The lowest BCUT2D eigenvalue weighted by Gasteiger charge is -2.29. The molecule has 0 unspecified atom stereocenters. The quantitative estimate of drug-likeness (QED) is 0.259. The topological polar surface area (TPSA) is 12.4 Å². The van der Waals surface area contributed by atoms with Crippen LogP contribution < -0.4 is 0 Å². The molecule has 1 aliphatic rings. The molecule has 1 fully saturated rings. The highest BCUT2D eigenvalue weighted by Crippen LogP contribution is 2.38. The molecular weight excluding hydrogens is 372 g/mol. The summed E-state index contributed by atoms with van der Waals surface area (Å²) in [5.74, 6) is 0.0430. The molecule has 0 aliphatic heterocycles. The van der Waals surface area contributed by atoms with Crippen molar-refractivity contribution in [1.82, 2.24) is 0 Å². The number of benzene rings is 2. The number of halogens is 2. The van der Waals surface area contributed by atoms with Gasteiger partial charge in [0.1, 0.15) is 5.69 Å². The highest BCUT2D eigenvalue weighted by Gasteiger charge is 2.22. The second-order valence-electron chi connectivity index (χ2n) is 7.83. The first kappa shape index (κ1) is 20.8. The van der Waals surface area contributed by atoms with Gasteiger partial charge < -0.3 is 0 Å². The van der Waals surface area contributed by atoms with Crippen LogP contribution in [0.15, 0.2) is 41.4 Å². The zero-order valence-electron chi connectivity index (χ0n) is 16.4. The number of unbranched alkanes of at least 4 members (excludes halogenated alkanes) is 2. The molecule has 2 aromatic carbocycles. The molecule has 0 bridgehead atoms. The number of aliphatic imine (C=N–C) groups is 1. The first-order chi connectivity index (χ1) is 13.6. The molecule has 2 aromatic rings. The van der Waals surface area contributed by atoms with Gasteiger partial charge >= 0.3 is 0 Å². The van der Waals surface area contributed by atoms with E-state index in [1.54, 1.807) is 0 Å². The average Bonchev–Trinajstić information content (AvgIpc) is 2.71. The van der Waals surface area contributed by atoms with E-state index in [0.29, 0.717) is 11.5 Å². The molecule has 1 nitrogen and oxygen atoms in total. The van der Waals surface area contributed by atoms with Crippen molar-refractivity contribution in [1.29, 1.82) is 0 Å². The van der Waals surface area contributed by atoms with Crippen LogP contribution in [0.25, 0.3) is 11.1 Å². The van der Waals surface area contributed by atoms with E-state index in [0.717, 1.165) is 11.5 Å². The van der Waals surface area contributed by atoms with Gasteiger partial charge in [0, 0.05) is 0 Å². The number of thiocarbonyl (C=S) groups is 1. The minimum Gasteiger partial charge on any atom is -0.204 e. The Morgan fingerprint density at radius 2 is 1.61 bits per heavy atom. The molecule has 4 heteroatoms. The summed E-state index contributed by atoms with van der Waals surface area (Å²) in [6.07, 6.45) is 10.5. The van der Waals surface area contributed by atoms with Gasteiger partial charge in [-0.1, -0.05) is 56.9 Å². The van der Waals surface area contributed by atoms with Crippen LogP contribution in [-0.4, -0.2) is 5.16 Å². The van der Waals surface area contributed by atoms with Crippen LogP contribution >= 0.6 is 12.2 Å². The van der Waals surface area contributed by atoms with Crippen LogP contribution in [0.4, 0.5) is 14.5 Å². The lowest BCUT2D eigenvalue weighted by molar-refractivity contribution is 0.303. The second kappa shape index (κ2) is 10.0. The maximum atomic E-state index is 14.1. The van der Waals surface area contributed by atoms with Crippen molar-refractivity contribution >= 4 is 23.1 Å². The van der Waals surface area contributed by atoms with Gasteiger partial charge in [-0.05, 0) is 78.6 Å². The fraction of sp³-hybridized carbons (Fsp3) is 0.458. The summed E-state index contributed by atoms with van der Waals surface area (Å²) in [7, 11) is 0. The van der Waals surface area contributed by atoms with E-state index in [2.05, 4.69) is 36.3 Å². The Balaban J connectivity index is 1.65. The van der Waals surface area contributed by atoms with Crippen LogP contribution in [0, 0.1) is 17.6 Å². The monoisotopic (exact) mass is 399 g/mol. The third-order valence-electron chi connectivity index (χ3n) is 5.95. The summed E-state index contributed by atoms with van der Waals surface area (Å²) in [5.41, 5.74) is 2.25. The van der Waals surface area contributed by atoms with Crippen LogP contribution in [-0.2, 0) is 0 Å². The van der Waals surface area contributed by atoms with Crippen molar-refractivity contribution in [3.63, 3.8) is 0 Å². The minimum absolute atomic E-state index is 0.383. The number of hydrogen-bond acceptors (Lipinski definition) is 2. The molecule has 0 amide bonds. The van der Waals surface area contributed by atoms with E-state index in [1.807, 2.05) is 17.3 Å². The van der Waals surface area contributed by atoms with E-state index in [9.17, 15) is 8.78 Å². The highest BCUT2D eigenvalue weighted by molar-refractivity contribution is 7.78. The Hall–Kier alpha value is -1.90. The third kappa shape index (κ3) is 5.12. The predicted octanol–water partition coefficient (Wildman–Crippen LogP) is 8.22. The normalized spacial score (nSPS) is 19.2. The maximum absolute atomic E-state index is 14.1. The number of hydrogen-bond donors (Lipinski definition) is 0. The molecule has 3 rings (SSSR count). The molecule has 1 aliphatic carbocycles. The first-order valence-corrected chi connectivity index (χ1v) is 10.7. The van der Waals surface area contributed by atoms with Gasteiger partial charge in [-0.2, -0.15) is 4.99 Å². The Labute approximate surface area is 171 Å². The molecule has 148 valence electrons. The van der Waals surface area contributed by atoms with Crippen LogP contribution in [0.1, 0.15) is 69.8 Å². The Kier molecular flexibility index (Phi) is 7.47. The minimum atomic E-state index is -0.724. The van der Waals surface area contributed by atoms with E-state index >= 15 is 0 Å². The Morgan fingerprint density at radius 1 is 0.964 bits per heavy atom. The van der Waals surface area contributed by atoms with Crippen molar-refractivity contribution in [3.05, 3.63) is 53.6 Å². The molecule has 0 spiro atoms. The van der Waals surface area contributed by atoms with Gasteiger partial charge in [-0.15, -0.1) is 0 Å². The van der Waals surface area contributed by atoms with Crippen LogP contribution in [0.2, 0.25) is 0 Å². The zero-order valence-corrected chi connectivity index (χ0v) is 17.2. The molecular formula is C24H27F2NS. The lowest BCUT2D eigenvalue weighted by atomic mass is 9.77. The van der Waals surface area contributed by atoms with Gasteiger partial charge in [0.05, 0.1) is 5.16 Å². The van der Waals surface area contributed by atoms with Crippen molar-refractivity contribution in [3.8, 4) is 11.1 Å². The molecule has 0 radical (unpaired) electrons. The van der Waals surface area contributed by atoms with Crippen LogP contribution in [0.5, 0.6) is 0 Å². The molecule has 1 saturated carbocycles. The number of nitrogens with zero attached hydrogens (tertiary/aromatic N) is 1. The van der Waals surface area contributed by atoms with Gasteiger partial charge in [-0.3, -0.25) is 0 Å². The number of isothiocyanates is 1. The maximum Gasteiger partial charge on any atom is 0.153 e. The fourth-order valence-electron chi connectivity index (χ4n) is 4.30. The zero-order chi connectivity index (χ0) is 19.9. The molecule has 0 aromatic heterocycles. The summed E-state index contributed by atoms with van der Waals surface area (Å²) >= 11 is 4.44. The summed E-state index contributed by atoms with van der Waals surface area (Å²) in [4.78, 5) is 3.46. The third-order valence-corrected chi connectivity index (χ3v) is 6.04. The largest absolute Gasteiger partial charge is 0.204 e. The predicted molar refractivity (Wildman–Crippen MR) is 115 cm³/mol. The molecule has 0 heterocycles. The molecule has 0 atom stereocenters. The van der Waals surface area contributed by atoms with Crippen LogP contribution in [0.3, 0.4) is 0 Å². The fourth-order valence-corrected chi connectivity index (χ4v) is 4.39. The SMILES string of the molecule is CCCCCC1CCC(c2ccc(-c3cc(F)c(N=C=S)c(F)c3)cc2)CC1. The van der Waals surface area contributed by atoms with Crippen molar-refractivity contribution < 1.29 is 8.78 Å². The summed E-state index contributed by atoms with van der Waals surface area (Å²) in [6.45, 7) is 2.26. The van der Waals surface area contributed by atoms with E-state index in [-0.39, 0.29) is 5.69 Å². The summed E-state index contributed by atoms with van der Waals surface area (Å²) in [5, 5.41) is 2.01. The van der Waals surface area contributed by atoms with Gasteiger partial charge in [0.15, 0.2) is 11.6 Å². The smallest absolute Gasteiger partial charge is 0.153 e. The Morgan fingerprint density at radius 3 is 2.18 bits per heavy atom. The van der Waals surface area contributed by atoms with E-state index in [4.69, 9.17) is 0 Å². The van der Waals surface area contributed by atoms with Crippen molar-refractivity contribution in [2.45, 2.75) is 64.2 Å². The molecule has 28 heavy (non-hydrogen) atoms. The van der Waals surface area contributed by atoms with Crippen molar-refractivity contribution in [2.75, 3.05) is 0 Å². The number of rotatable bonds is 7. The first-order valence-electron chi connectivity index (χ1n) is 10.3. The van der Waals surface area contributed by atoms with Crippen molar-refractivity contribution in [2.24, 2.45) is 10.9 Å². The summed E-state index contributed by atoms with van der Waals surface area (Å²) in [6, 6.07) is 10.7. The lowest BCUT2D eigenvalue weighted by Crippen LogP contribution is -2.13. The molecule has 0 N–H and O–H groups in total. The van der Waals surface area contributed by atoms with Gasteiger partial charge in [-0.25, -0.2) is 8.78 Å². The standard InChI is InChI=1S/C24H27F2NS/c1-2-3-4-5-17-6-8-18(9-7-17)19-10-12-20(13-11-19)21-14-22(25)24(27-16-28)23(26)15-21/h10-15,17-18H,2-9H2,1H3. The second-order valence-corrected chi connectivity index (χ2v) is 8.01. The van der Waals surface area contributed by atoms with E-state index < -0.39 is 11.6 Å².